The molecule has 1 aromatic heterocycles. The summed E-state index contributed by atoms with van der Waals surface area (Å²) < 4.78 is 10.5. The van der Waals surface area contributed by atoms with Gasteiger partial charge in [0.1, 0.15) is 11.5 Å². The van der Waals surface area contributed by atoms with Gasteiger partial charge in [-0.1, -0.05) is 11.6 Å². The van der Waals surface area contributed by atoms with Gasteiger partial charge in [-0.2, -0.15) is 0 Å². The molecule has 100 valence electrons. The third kappa shape index (κ3) is 3.16. The second kappa shape index (κ2) is 5.91. The molecule has 0 fully saturated rings. The van der Waals surface area contributed by atoms with Crippen LogP contribution in [0.25, 0.3) is 0 Å². The predicted molar refractivity (Wildman–Crippen MR) is 72.6 cm³/mol. The van der Waals surface area contributed by atoms with Gasteiger partial charge in [-0.3, -0.25) is 4.79 Å². The first-order valence-corrected chi connectivity index (χ1v) is 6.16. The van der Waals surface area contributed by atoms with Crippen molar-refractivity contribution in [3.05, 3.63) is 52.4 Å². The van der Waals surface area contributed by atoms with Gasteiger partial charge in [0.2, 0.25) is 5.78 Å². The largest absolute Gasteiger partial charge is 0.496 e. The quantitative estimate of drug-likeness (QED) is 0.855. The molecule has 1 aromatic carbocycles. The van der Waals surface area contributed by atoms with E-state index in [1.165, 1.54) is 0 Å². The number of furan rings is 1. The van der Waals surface area contributed by atoms with Crippen LogP contribution in [0.15, 0.2) is 34.7 Å². The van der Waals surface area contributed by atoms with Crippen LogP contribution in [0.1, 0.15) is 21.9 Å². The van der Waals surface area contributed by atoms with Gasteiger partial charge in [0, 0.05) is 17.0 Å². The Labute approximate surface area is 116 Å². The minimum absolute atomic E-state index is 0.139. The highest BCUT2D eigenvalue weighted by Gasteiger charge is 2.14. The summed E-state index contributed by atoms with van der Waals surface area (Å²) in [6.45, 7) is 0.272. The smallest absolute Gasteiger partial charge is 0.202 e. The van der Waals surface area contributed by atoms with Crippen molar-refractivity contribution in [3.63, 3.8) is 0 Å². The fourth-order valence-corrected chi connectivity index (χ4v) is 1.98. The maximum absolute atomic E-state index is 12.1. The van der Waals surface area contributed by atoms with E-state index in [0.717, 1.165) is 5.56 Å². The Morgan fingerprint density at radius 1 is 1.37 bits per heavy atom. The zero-order valence-corrected chi connectivity index (χ0v) is 11.2. The summed E-state index contributed by atoms with van der Waals surface area (Å²) >= 11 is 5.92. The number of carbonyl (C=O) groups excluding carboxylic acids is 1. The zero-order valence-electron chi connectivity index (χ0n) is 10.5. The molecular weight excluding hydrogens is 266 g/mol. The number of rotatable bonds is 5. The molecular formula is C14H14ClNO3. The van der Waals surface area contributed by atoms with Gasteiger partial charge in [-0.05, 0) is 30.3 Å². The van der Waals surface area contributed by atoms with Gasteiger partial charge in [0.25, 0.3) is 0 Å². The molecule has 1 heterocycles. The number of methoxy groups -OCH3 is 1. The predicted octanol–water partition coefficient (Wildman–Crippen LogP) is 2.83. The summed E-state index contributed by atoms with van der Waals surface area (Å²) in [5, 5.41) is 0.561. The molecule has 0 radical (unpaired) electrons. The number of hydrogen-bond donors (Lipinski definition) is 1. The van der Waals surface area contributed by atoms with Gasteiger partial charge in [0.15, 0.2) is 5.76 Å². The first-order valence-electron chi connectivity index (χ1n) is 5.78. The Hall–Kier alpha value is -1.78. The molecule has 0 bridgehead atoms. The Morgan fingerprint density at radius 3 is 2.79 bits per heavy atom. The number of ether oxygens (including phenoxy) is 1. The topological polar surface area (TPSA) is 65.5 Å². The van der Waals surface area contributed by atoms with Crippen molar-refractivity contribution in [2.45, 2.75) is 13.0 Å². The molecule has 2 aromatic rings. The lowest BCUT2D eigenvalue weighted by atomic mass is 10.1. The minimum Gasteiger partial charge on any atom is -0.496 e. The van der Waals surface area contributed by atoms with Crippen LogP contribution in [-0.4, -0.2) is 12.9 Å². The number of Topliss-reactive ketones (excluding diaryl/α,β-unsaturated/α-hetero) is 1. The van der Waals surface area contributed by atoms with E-state index >= 15 is 0 Å². The lowest BCUT2D eigenvalue weighted by molar-refractivity contribution is 0.0964. The van der Waals surface area contributed by atoms with Crippen LogP contribution in [0.3, 0.4) is 0 Å². The van der Waals surface area contributed by atoms with E-state index in [0.29, 0.717) is 22.3 Å². The normalized spacial score (nSPS) is 10.5. The summed E-state index contributed by atoms with van der Waals surface area (Å²) in [5.74, 6) is 1.37. The van der Waals surface area contributed by atoms with Gasteiger partial charge >= 0.3 is 0 Å². The zero-order chi connectivity index (χ0) is 13.8. The van der Waals surface area contributed by atoms with Crippen LogP contribution in [-0.2, 0) is 13.0 Å². The van der Waals surface area contributed by atoms with Crippen molar-refractivity contribution < 1.29 is 13.9 Å². The highest BCUT2D eigenvalue weighted by atomic mass is 35.5. The van der Waals surface area contributed by atoms with E-state index in [9.17, 15) is 4.79 Å². The molecule has 0 aliphatic carbocycles. The summed E-state index contributed by atoms with van der Waals surface area (Å²) in [7, 11) is 1.55. The SMILES string of the molecule is COc1ccc(Cl)cc1CC(=O)c1ccc(CN)o1. The van der Waals surface area contributed by atoms with Crippen molar-refractivity contribution in [1.29, 1.82) is 0 Å². The van der Waals surface area contributed by atoms with Crippen molar-refractivity contribution in [2.75, 3.05) is 7.11 Å². The molecule has 5 heteroatoms. The Bertz CT molecular complexity index is 592. The molecule has 0 saturated heterocycles. The average Bonchev–Trinajstić information content (AvgIpc) is 2.88. The molecule has 2 rings (SSSR count). The van der Waals surface area contributed by atoms with Crippen LogP contribution in [0.5, 0.6) is 5.75 Å². The Kier molecular flexibility index (Phi) is 4.24. The molecule has 0 atom stereocenters. The van der Waals surface area contributed by atoms with E-state index in [1.807, 2.05) is 0 Å². The molecule has 0 aliphatic heterocycles. The number of carbonyl (C=O) groups is 1. The fourth-order valence-electron chi connectivity index (χ4n) is 1.78. The summed E-state index contributed by atoms with van der Waals surface area (Å²) in [5.41, 5.74) is 6.17. The molecule has 0 amide bonds. The highest BCUT2D eigenvalue weighted by molar-refractivity contribution is 6.30. The van der Waals surface area contributed by atoms with E-state index in [2.05, 4.69) is 0 Å². The highest BCUT2D eigenvalue weighted by Crippen LogP contribution is 2.24. The van der Waals surface area contributed by atoms with Crippen LogP contribution < -0.4 is 10.5 Å². The number of hydrogen-bond acceptors (Lipinski definition) is 4. The van der Waals surface area contributed by atoms with Crippen LogP contribution in [0.4, 0.5) is 0 Å². The average molecular weight is 280 g/mol. The van der Waals surface area contributed by atoms with Gasteiger partial charge in [0.05, 0.1) is 13.7 Å². The Balaban J connectivity index is 2.20. The third-order valence-electron chi connectivity index (χ3n) is 2.73. The third-order valence-corrected chi connectivity index (χ3v) is 2.97. The van der Waals surface area contributed by atoms with E-state index in [1.54, 1.807) is 37.4 Å². The molecule has 0 aliphatic rings. The van der Waals surface area contributed by atoms with Gasteiger partial charge < -0.3 is 14.9 Å². The first-order chi connectivity index (χ1) is 9.13. The minimum atomic E-state index is -0.139. The molecule has 19 heavy (non-hydrogen) atoms. The summed E-state index contributed by atoms with van der Waals surface area (Å²) in [6.07, 6.45) is 0.168. The first kappa shape index (κ1) is 13.6. The summed E-state index contributed by atoms with van der Waals surface area (Å²) in [6, 6.07) is 8.49. The van der Waals surface area contributed by atoms with E-state index in [4.69, 9.17) is 26.5 Å². The van der Waals surface area contributed by atoms with E-state index in [-0.39, 0.29) is 18.7 Å². The van der Waals surface area contributed by atoms with Crippen LogP contribution in [0.2, 0.25) is 5.02 Å². The van der Waals surface area contributed by atoms with Crippen LogP contribution >= 0.6 is 11.6 Å². The van der Waals surface area contributed by atoms with Crippen molar-refractivity contribution >= 4 is 17.4 Å². The van der Waals surface area contributed by atoms with Gasteiger partial charge in [-0.15, -0.1) is 0 Å². The lowest BCUT2D eigenvalue weighted by Gasteiger charge is -2.07. The van der Waals surface area contributed by atoms with Crippen LogP contribution in [0, 0.1) is 0 Å². The van der Waals surface area contributed by atoms with Crippen molar-refractivity contribution in [1.82, 2.24) is 0 Å². The second-order valence-corrected chi connectivity index (χ2v) is 4.46. The number of nitrogens with two attached hydrogens (primary N) is 1. The van der Waals surface area contributed by atoms with Crippen molar-refractivity contribution in [2.24, 2.45) is 5.73 Å². The van der Waals surface area contributed by atoms with Gasteiger partial charge in [-0.25, -0.2) is 0 Å². The molecule has 2 N–H and O–H groups in total. The molecule has 4 nitrogen and oxygen atoms in total. The van der Waals surface area contributed by atoms with Crippen molar-refractivity contribution in [3.8, 4) is 5.75 Å². The number of halogens is 1. The number of ketones is 1. The Morgan fingerprint density at radius 2 is 2.16 bits per heavy atom. The van der Waals surface area contributed by atoms with E-state index < -0.39 is 0 Å². The maximum Gasteiger partial charge on any atom is 0.202 e. The number of benzene rings is 1. The maximum atomic E-state index is 12.1. The molecule has 0 saturated carbocycles. The summed E-state index contributed by atoms with van der Waals surface area (Å²) in [4.78, 5) is 12.1. The monoisotopic (exact) mass is 279 g/mol. The lowest BCUT2D eigenvalue weighted by Crippen LogP contribution is -2.04. The fraction of sp³-hybridized carbons (Fsp3) is 0.214. The second-order valence-electron chi connectivity index (χ2n) is 4.03. The molecule has 0 spiro atoms. The standard InChI is InChI=1S/C14H14ClNO3/c1-18-13-4-2-10(15)6-9(13)7-12(17)14-5-3-11(8-16)19-14/h2-6H,7-8,16H2,1H3. The molecule has 0 unspecified atom stereocenters.